The predicted molar refractivity (Wildman–Crippen MR) is 141 cm³/mol. The van der Waals surface area contributed by atoms with E-state index in [4.69, 9.17) is 20.4 Å². The number of nitrogens with one attached hydrogen (secondary N) is 2. The van der Waals surface area contributed by atoms with Crippen LogP contribution in [0.4, 0.5) is 0 Å². The summed E-state index contributed by atoms with van der Waals surface area (Å²) in [4.78, 5) is 49.1. The number of likely N-dealkylation sites (tertiary alicyclic amines) is 1. The lowest BCUT2D eigenvalue weighted by atomic mass is 9.96. The zero-order valence-electron chi connectivity index (χ0n) is 22.5. The maximum absolute atomic E-state index is 12.7. The Morgan fingerprint density at radius 2 is 1.61 bits per heavy atom. The van der Waals surface area contributed by atoms with Crippen molar-refractivity contribution in [1.82, 2.24) is 15.2 Å². The van der Waals surface area contributed by atoms with Crippen LogP contribution in [-0.4, -0.2) is 85.4 Å². The van der Waals surface area contributed by atoms with Crippen LogP contribution in [-0.2, 0) is 25.6 Å². The Morgan fingerprint density at radius 3 is 2.11 bits per heavy atom. The maximum atomic E-state index is 12.7. The minimum Gasteiger partial charge on any atom is -0.481 e. The van der Waals surface area contributed by atoms with E-state index in [1.807, 2.05) is 0 Å². The summed E-state index contributed by atoms with van der Waals surface area (Å²) < 4.78 is 0. The van der Waals surface area contributed by atoms with Gasteiger partial charge in [-0.2, -0.15) is 0 Å². The van der Waals surface area contributed by atoms with E-state index in [1.165, 1.54) is 42.4 Å². The second-order valence-electron chi connectivity index (χ2n) is 10.1. The van der Waals surface area contributed by atoms with Crippen molar-refractivity contribution < 1.29 is 39.6 Å². The molecule has 2 aromatic rings. The molecule has 3 rings (SSSR count). The first kappa shape index (κ1) is 30.8. The van der Waals surface area contributed by atoms with E-state index in [0.29, 0.717) is 6.42 Å². The predicted octanol–water partition coefficient (Wildman–Crippen LogP) is 2.38. The monoisotopic (exact) mass is 533 g/mol. The summed E-state index contributed by atoms with van der Waals surface area (Å²) in [6, 6.07) is 4.63. The smallest absolute Gasteiger partial charge is 0.336 e. The molecule has 1 saturated heterocycles. The van der Waals surface area contributed by atoms with E-state index < -0.39 is 36.4 Å². The fraction of sp³-hybridized carbons (Fsp3) is 0.556. The largest absolute Gasteiger partial charge is 0.481 e. The SMILES string of the molecule is CCC(CN1CCCC1)NC(=O)Cc1c(C)[nH]c2c(C)cc(C)cc12.O=C(O)CC(O)(CC(=O)O)C(=O)O. The Balaban J connectivity index is 0.000000332. The summed E-state index contributed by atoms with van der Waals surface area (Å²) in [6.07, 6.45) is 1.72. The van der Waals surface area contributed by atoms with Crippen LogP contribution in [0, 0.1) is 20.8 Å². The number of H-pyrrole nitrogens is 1. The average molecular weight is 534 g/mol. The lowest BCUT2D eigenvalue weighted by Crippen LogP contribution is -2.43. The van der Waals surface area contributed by atoms with Gasteiger partial charge in [0.25, 0.3) is 0 Å². The summed E-state index contributed by atoms with van der Waals surface area (Å²) in [5.41, 5.74) is 3.14. The van der Waals surface area contributed by atoms with Gasteiger partial charge in [0, 0.05) is 29.2 Å². The fourth-order valence-corrected chi connectivity index (χ4v) is 4.77. The highest BCUT2D eigenvalue weighted by Crippen LogP contribution is 2.27. The number of benzene rings is 1. The molecule has 11 nitrogen and oxygen atoms in total. The Labute approximate surface area is 221 Å². The molecule has 11 heteroatoms. The van der Waals surface area contributed by atoms with Gasteiger partial charge in [0.1, 0.15) is 0 Å². The quantitative estimate of drug-likeness (QED) is 0.253. The molecular weight excluding hydrogens is 494 g/mol. The number of amides is 1. The minimum atomic E-state index is -2.74. The van der Waals surface area contributed by atoms with Crippen molar-refractivity contribution in [2.24, 2.45) is 0 Å². The van der Waals surface area contributed by atoms with E-state index in [1.54, 1.807) is 0 Å². The lowest BCUT2D eigenvalue weighted by molar-refractivity contribution is -0.170. The number of aryl methyl sites for hydroxylation is 3. The highest BCUT2D eigenvalue weighted by Gasteiger charge is 2.40. The summed E-state index contributed by atoms with van der Waals surface area (Å²) >= 11 is 0. The lowest BCUT2D eigenvalue weighted by Gasteiger charge is -2.23. The molecule has 0 radical (unpaired) electrons. The van der Waals surface area contributed by atoms with Gasteiger partial charge in [-0.05, 0) is 70.3 Å². The van der Waals surface area contributed by atoms with Gasteiger partial charge in [0.05, 0.1) is 19.3 Å². The molecule has 1 aromatic carbocycles. The van der Waals surface area contributed by atoms with Crippen LogP contribution in [0.1, 0.15) is 61.4 Å². The minimum absolute atomic E-state index is 0.134. The standard InChI is InChI=1S/C21H31N3O.C6H8O7/c1-5-17(13-24-8-6-7-9-24)23-20(25)12-18-16(4)22-21-15(3)10-14(2)11-19(18)21;7-3(8)1-6(13,5(11)12)2-4(9)10/h10-11,17,22H,5-9,12-13H2,1-4H3,(H,23,25);13H,1-2H2,(H,7,8)(H,9,10)(H,11,12). The summed E-state index contributed by atoms with van der Waals surface area (Å²) in [6.45, 7) is 11.8. The molecular formula is C27H39N3O8. The van der Waals surface area contributed by atoms with E-state index in [0.717, 1.165) is 29.7 Å². The van der Waals surface area contributed by atoms with E-state index in [-0.39, 0.29) is 11.9 Å². The molecule has 1 atom stereocenters. The molecule has 1 fully saturated rings. The first-order valence-electron chi connectivity index (χ1n) is 12.7. The van der Waals surface area contributed by atoms with Crippen molar-refractivity contribution in [1.29, 1.82) is 0 Å². The van der Waals surface area contributed by atoms with Gasteiger partial charge in [0.15, 0.2) is 5.60 Å². The number of aliphatic carboxylic acids is 3. The van der Waals surface area contributed by atoms with Crippen LogP contribution in [0.15, 0.2) is 12.1 Å². The number of rotatable bonds is 11. The number of hydrogen-bond acceptors (Lipinski definition) is 6. The third-order valence-electron chi connectivity index (χ3n) is 6.73. The summed E-state index contributed by atoms with van der Waals surface area (Å²) in [7, 11) is 0. The number of carboxylic acid groups (broad SMARTS) is 3. The number of aliphatic hydroxyl groups is 1. The van der Waals surface area contributed by atoms with Crippen LogP contribution in [0.3, 0.4) is 0 Å². The number of hydrogen-bond donors (Lipinski definition) is 6. The van der Waals surface area contributed by atoms with E-state index >= 15 is 0 Å². The van der Waals surface area contributed by atoms with Crippen LogP contribution in [0.25, 0.3) is 10.9 Å². The molecule has 1 aliphatic rings. The van der Waals surface area contributed by atoms with Gasteiger partial charge in [0.2, 0.25) is 5.91 Å². The van der Waals surface area contributed by atoms with Crippen molar-refractivity contribution >= 4 is 34.7 Å². The van der Waals surface area contributed by atoms with Crippen molar-refractivity contribution in [2.45, 2.75) is 77.9 Å². The Morgan fingerprint density at radius 1 is 1.03 bits per heavy atom. The number of carbonyl (C=O) groups excluding carboxylic acids is 1. The number of aromatic amines is 1. The zero-order chi connectivity index (χ0) is 28.6. The van der Waals surface area contributed by atoms with Gasteiger partial charge < -0.3 is 35.6 Å². The van der Waals surface area contributed by atoms with Gasteiger partial charge in [-0.15, -0.1) is 0 Å². The molecule has 1 aromatic heterocycles. The number of carbonyl (C=O) groups is 4. The second-order valence-corrected chi connectivity index (χ2v) is 10.1. The van der Waals surface area contributed by atoms with E-state index in [9.17, 15) is 19.2 Å². The van der Waals surface area contributed by atoms with Crippen LogP contribution in [0.2, 0.25) is 0 Å². The number of fused-ring (bicyclic) bond motifs is 1. The third kappa shape index (κ3) is 8.56. The zero-order valence-corrected chi connectivity index (χ0v) is 22.5. The Kier molecular flexibility index (Phi) is 10.8. The molecule has 0 spiro atoms. The normalized spacial score (nSPS) is 14.6. The number of nitrogens with zero attached hydrogens (tertiary/aromatic N) is 1. The summed E-state index contributed by atoms with van der Waals surface area (Å²) in [5, 5.41) is 38.3. The molecule has 1 aliphatic heterocycles. The van der Waals surface area contributed by atoms with E-state index in [2.05, 4.69) is 55.0 Å². The first-order chi connectivity index (χ1) is 17.7. The van der Waals surface area contributed by atoms with Gasteiger partial charge in [-0.3, -0.25) is 14.4 Å². The molecule has 2 heterocycles. The molecule has 0 aliphatic carbocycles. The average Bonchev–Trinajstić information content (AvgIpc) is 3.41. The second kappa shape index (κ2) is 13.4. The molecule has 1 amide bonds. The molecule has 6 N–H and O–H groups in total. The topological polar surface area (TPSA) is 180 Å². The first-order valence-corrected chi connectivity index (χ1v) is 12.7. The maximum Gasteiger partial charge on any atom is 0.336 e. The molecule has 1 unspecified atom stereocenters. The van der Waals surface area contributed by atoms with Gasteiger partial charge in [-0.1, -0.05) is 18.6 Å². The number of aromatic nitrogens is 1. The third-order valence-corrected chi connectivity index (χ3v) is 6.73. The molecule has 0 bridgehead atoms. The van der Waals surface area contributed by atoms with Crippen molar-refractivity contribution in [3.8, 4) is 0 Å². The van der Waals surface area contributed by atoms with Crippen LogP contribution < -0.4 is 5.32 Å². The van der Waals surface area contributed by atoms with Crippen molar-refractivity contribution in [2.75, 3.05) is 19.6 Å². The van der Waals surface area contributed by atoms with Crippen LogP contribution >= 0.6 is 0 Å². The Bertz CT molecular complexity index is 1150. The summed E-state index contributed by atoms with van der Waals surface area (Å²) in [5.74, 6) is -4.89. The van der Waals surface area contributed by atoms with Crippen LogP contribution in [0.5, 0.6) is 0 Å². The highest BCUT2D eigenvalue weighted by atomic mass is 16.4. The van der Waals surface area contributed by atoms with Gasteiger partial charge >= 0.3 is 17.9 Å². The molecule has 38 heavy (non-hydrogen) atoms. The van der Waals surface area contributed by atoms with Gasteiger partial charge in [-0.25, -0.2) is 4.79 Å². The number of carboxylic acids is 3. The Hall–Kier alpha value is -3.44. The molecule has 0 saturated carbocycles. The molecule has 210 valence electrons. The van der Waals surface area contributed by atoms with Crippen molar-refractivity contribution in [3.63, 3.8) is 0 Å². The van der Waals surface area contributed by atoms with Crippen molar-refractivity contribution in [3.05, 3.63) is 34.5 Å². The highest BCUT2D eigenvalue weighted by molar-refractivity contribution is 5.92. The fourth-order valence-electron chi connectivity index (χ4n) is 4.77.